The minimum absolute atomic E-state index is 0.204. The lowest BCUT2D eigenvalue weighted by Crippen LogP contribution is -2.37. The lowest BCUT2D eigenvalue weighted by molar-refractivity contribution is -0.132. The summed E-state index contributed by atoms with van der Waals surface area (Å²) in [4.78, 5) is 26.7. The third-order valence-corrected chi connectivity index (χ3v) is 5.13. The number of hydrogen-bond acceptors (Lipinski definition) is 4. The highest BCUT2D eigenvalue weighted by Gasteiger charge is 2.34. The van der Waals surface area contributed by atoms with Gasteiger partial charge in [0.2, 0.25) is 5.91 Å². The van der Waals surface area contributed by atoms with E-state index >= 15 is 0 Å². The first-order valence-electron chi connectivity index (χ1n) is 9.18. The zero-order chi connectivity index (χ0) is 17.2. The van der Waals surface area contributed by atoms with Crippen molar-refractivity contribution in [3.8, 4) is 0 Å². The number of ether oxygens (including phenoxy) is 1. The van der Waals surface area contributed by atoms with E-state index in [-0.39, 0.29) is 11.7 Å². The molecule has 134 valence electrons. The van der Waals surface area contributed by atoms with Crippen LogP contribution >= 0.6 is 0 Å². The van der Waals surface area contributed by atoms with E-state index in [1.165, 1.54) is 0 Å². The molecule has 4 rings (SSSR count). The number of nitrogens with zero attached hydrogens (tertiary/aromatic N) is 2. The molecule has 1 saturated heterocycles. The zero-order valence-electron chi connectivity index (χ0n) is 14.4. The van der Waals surface area contributed by atoms with E-state index < -0.39 is 0 Å². The first-order chi connectivity index (χ1) is 12.2. The van der Waals surface area contributed by atoms with Crippen LogP contribution in [-0.2, 0) is 16.1 Å². The van der Waals surface area contributed by atoms with Gasteiger partial charge in [-0.05, 0) is 37.8 Å². The molecule has 1 aromatic heterocycles. The standard InChI is InChI=1S/C19H24N2O4/c22-18(21(15-7-8-15)12-14-9-11-24-13-14)6-3-10-20-16-4-1-2-5-17(16)25-19(20)23/h1-2,4-5,14-15H,3,6-13H2/t14-/m0/s1. The number of aryl methyl sites for hydroxylation is 1. The minimum Gasteiger partial charge on any atom is -0.408 e. The third-order valence-electron chi connectivity index (χ3n) is 5.13. The predicted octanol–water partition coefficient (Wildman–Crippen LogP) is 2.40. The van der Waals surface area contributed by atoms with E-state index in [9.17, 15) is 9.59 Å². The van der Waals surface area contributed by atoms with Gasteiger partial charge in [-0.2, -0.15) is 0 Å². The molecule has 1 aromatic carbocycles. The maximum absolute atomic E-state index is 12.7. The van der Waals surface area contributed by atoms with Gasteiger partial charge in [0.15, 0.2) is 5.58 Å². The molecule has 0 radical (unpaired) electrons. The molecular weight excluding hydrogens is 320 g/mol. The zero-order valence-corrected chi connectivity index (χ0v) is 14.4. The number of fused-ring (bicyclic) bond motifs is 1. The van der Waals surface area contributed by atoms with Crippen molar-refractivity contribution in [1.82, 2.24) is 9.47 Å². The molecule has 6 heteroatoms. The molecule has 25 heavy (non-hydrogen) atoms. The molecule has 0 bridgehead atoms. The van der Waals surface area contributed by atoms with Crippen LogP contribution < -0.4 is 5.76 Å². The van der Waals surface area contributed by atoms with Crippen molar-refractivity contribution < 1.29 is 13.9 Å². The van der Waals surface area contributed by atoms with E-state index in [1.807, 2.05) is 18.2 Å². The van der Waals surface area contributed by atoms with Crippen LogP contribution in [-0.4, -0.2) is 41.2 Å². The molecule has 6 nitrogen and oxygen atoms in total. The fraction of sp³-hybridized carbons (Fsp3) is 0.579. The molecule has 1 amide bonds. The smallest absolute Gasteiger partial charge is 0.408 e. The first kappa shape index (κ1) is 16.4. The number of oxazole rings is 1. The molecule has 2 fully saturated rings. The summed E-state index contributed by atoms with van der Waals surface area (Å²) in [6.07, 6.45) is 4.39. The molecule has 2 aromatic rings. The van der Waals surface area contributed by atoms with Crippen molar-refractivity contribution in [1.29, 1.82) is 0 Å². The average Bonchev–Trinajstić information content (AvgIpc) is 3.22. The largest absolute Gasteiger partial charge is 0.419 e. The molecule has 1 atom stereocenters. The molecular formula is C19H24N2O4. The molecule has 1 aliphatic heterocycles. The Hall–Kier alpha value is -2.08. The van der Waals surface area contributed by atoms with Crippen molar-refractivity contribution >= 4 is 17.0 Å². The van der Waals surface area contributed by atoms with Crippen LogP contribution in [0.1, 0.15) is 32.1 Å². The van der Waals surface area contributed by atoms with Crippen molar-refractivity contribution in [3.63, 3.8) is 0 Å². The Morgan fingerprint density at radius 2 is 2.08 bits per heavy atom. The van der Waals surface area contributed by atoms with Crippen LogP contribution in [0.5, 0.6) is 0 Å². The van der Waals surface area contributed by atoms with E-state index in [2.05, 4.69) is 4.90 Å². The van der Waals surface area contributed by atoms with Gasteiger partial charge in [0.05, 0.1) is 12.1 Å². The Labute approximate surface area is 146 Å². The second-order valence-electron chi connectivity index (χ2n) is 7.10. The van der Waals surface area contributed by atoms with Crippen LogP contribution in [0.3, 0.4) is 0 Å². The Morgan fingerprint density at radius 3 is 2.84 bits per heavy atom. The molecule has 0 N–H and O–H groups in total. The number of rotatable bonds is 7. The number of carbonyl (C=O) groups is 1. The van der Waals surface area contributed by atoms with E-state index in [1.54, 1.807) is 10.6 Å². The van der Waals surface area contributed by atoms with Gasteiger partial charge in [0.25, 0.3) is 0 Å². The Bertz CT molecular complexity index is 799. The fourth-order valence-electron chi connectivity index (χ4n) is 3.60. The summed E-state index contributed by atoms with van der Waals surface area (Å²) < 4.78 is 12.3. The van der Waals surface area contributed by atoms with E-state index in [0.29, 0.717) is 36.9 Å². The average molecular weight is 344 g/mol. The number of benzene rings is 1. The van der Waals surface area contributed by atoms with Gasteiger partial charge in [-0.3, -0.25) is 9.36 Å². The van der Waals surface area contributed by atoms with Gasteiger partial charge in [0.1, 0.15) is 0 Å². The topological polar surface area (TPSA) is 64.7 Å². The molecule has 0 unspecified atom stereocenters. The highest BCUT2D eigenvalue weighted by molar-refractivity contribution is 5.77. The summed E-state index contributed by atoms with van der Waals surface area (Å²) in [5, 5.41) is 0. The number of hydrogen-bond donors (Lipinski definition) is 0. The number of para-hydroxylation sites is 2. The van der Waals surface area contributed by atoms with Gasteiger partial charge in [-0.25, -0.2) is 4.79 Å². The quantitative estimate of drug-likeness (QED) is 0.774. The van der Waals surface area contributed by atoms with Gasteiger partial charge < -0.3 is 14.1 Å². The fourth-order valence-corrected chi connectivity index (χ4v) is 3.60. The first-order valence-corrected chi connectivity index (χ1v) is 9.18. The summed E-state index contributed by atoms with van der Waals surface area (Å²) in [6.45, 7) is 2.91. The van der Waals surface area contributed by atoms with Crippen LogP contribution in [0.15, 0.2) is 33.5 Å². The van der Waals surface area contributed by atoms with Gasteiger partial charge in [0, 0.05) is 38.1 Å². The van der Waals surface area contributed by atoms with Crippen molar-refractivity contribution in [2.75, 3.05) is 19.8 Å². The van der Waals surface area contributed by atoms with Crippen LogP contribution in [0.25, 0.3) is 11.1 Å². The number of aromatic nitrogens is 1. The Kier molecular flexibility index (Phi) is 4.61. The molecule has 1 saturated carbocycles. The van der Waals surface area contributed by atoms with Crippen LogP contribution in [0.4, 0.5) is 0 Å². The van der Waals surface area contributed by atoms with E-state index in [4.69, 9.17) is 9.15 Å². The monoisotopic (exact) mass is 344 g/mol. The summed E-state index contributed by atoms with van der Waals surface area (Å²) in [5.41, 5.74) is 1.39. The van der Waals surface area contributed by atoms with Gasteiger partial charge in [-0.15, -0.1) is 0 Å². The Balaban J connectivity index is 1.35. The predicted molar refractivity (Wildman–Crippen MR) is 93.4 cm³/mol. The van der Waals surface area contributed by atoms with E-state index in [0.717, 1.165) is 44.5 Å². The maximum Gasteiger partial charge on any atom is 0.419 e. The Morgan fingerprint density at radius 1 is 1.24 bits per heavy atom. The normalized spacial score (nSPS) is 20.2. The molecule has 1 aliphatic carbocycles. The summed E-state index contributed by atoms with van der Waals surface area (Å²) in [7, 11) is 0. The third kappa shape index (κ3) is 3.63. The number of amides is 1. The summed E-state index contributed by atoms with van der Waals surface area (Å²) in [6, 6.07) is 7.82. The van der Waals surface area contributed by atoms with Crippen molar-refractivity contribution in [2.45, 2.75) is 44.7 Å². The van der Waals surface area contributed by atoms with Gasteiger partial charge >= 0.3 is 5.76 Å². The SMILES string of the molecule is O=C(CCCn1c(=O)oc2ccccc21)N(C[C@@H]1CCOC1)C1CC1. The minimum atomic E-state index is -0.351. The lowest BCUT2D eigenvalue weighted by atomic mass is 10.1. The highest BCUT2D eigenvalue weighted by Crippen LogP contribution is 2.29. The second-order valence-corrected chi connectivity index (χ2v) is 7.10. The second kappa shape index (κ2) is 7.04. The summed E-state index contributed by atoms with van der Waals surface area (Å²) >= 11 is 0. The number of carbonyl (C=O) groups excluding carboxylic acids is 1. The van der Waals surface area contributed by atoms with Gasteiger partial charge in [-0.1, -0.05) is 12.1 Å². The molecule has 2 aliphatic rings. The maximum atomic E-state index is 12.7. The molecule has 2 heterocycles. The highest BCUT2D eigenvalue weighted by atomic mass is 16.5. The lowest BCUT2D eigenvalue weighted by Gasteiger charge is -2.25. The van der Waals surface area contributed by atoms with Crippen LogP contribution in [0.2, 0.25) is 0 Å². The van der Waals surface area contributed by atoms with Crippen molar-refractivity contribution in [3.05, 3.63) is 34.8 Å². The molecule has 0 spiro atoms. The summed E-state index contributed by atoms with van der Waals surface area (Å²) in [5.74, 6) is 0.330. The van der Waals surface area contributed by atoms with Crippen LogP contribution in [0, 0.1) is 5.92 Å². The van der Waals surface area contributed by atoms with Crippen molar-refractivity contribution in [2.24, 2.45) is 5.92 Å².